The van der Waals surface area contributed by atoms with Gasteiger partial charge in [0.05, 0.1) is 19.2 Å². The highest BCUT2D eigenvalue weighted by Gasteiger charge is 2.46. The molecule has 6 nitrogen and oxygen atoms in total. The number of amides is 1. The van der Waals surface area contributed by atoms with Gasteiger partial charge in [-0.3, -0.25) is 14.6 Å². The van der Waals surface area contributed by atoms with E-state index in [4.69, 9.17) is 4.74 Å². The second-order valence-corrected chi connectivity index (χ2v) is 7.30. The van der Waals surface area contributed by atoms with Crippen LogP contribution in [0.1, 0.15) is 52.0 Å². The number of nitrogens with zero attached hydrogens (tertiary/aromatic N) is 2. The third kappa shape index (κ3) is 3.30. The lowest BCUT2D eigenvalue weighted by Crippen LogP contribution is -2.46. The topological polar surface area (TPSA) is 79.7 Å². The fourth-order valence-electron chi connectivity index (χ4n) is 4.19. The van der Waals surface area contributed by atoms with Gasteiger partial charge in [-0.25, -0.2) is 0 Å². The van der Waals surface area contributed by atoms with Crippen molar-refractivity contribution in [2.45, 2.75) is 24.9 Å². The Balaban J connectivity index is 1.89. The van der Waals surface area contributed by atoms with Gasteiger partial charge in [0.15, 0.2) is 0 Å². The molecule has 0 fully saturated rings. The molecule has 1 amide bonds. The Bertz CT molecular complexity index is 1070. The smallest absolute Gasteiger partial charge is 0.313 e. The number of carbonyl (C=O) groups excluding carboxylic acids is 1. The van der Waals surface area contributed by atoms with Crippen molar-refractivity contribution in [3.8, 4) is 5.75 Å². The van der Waals surface area contributed by atoms with Crippen molar-refractivity contribution in [2.75, 3.05) is 7.11 Å². The van der Waals surface area contributed by atoms with E-state index in [2.05, 4.69) is 4.98 Å². The Morgan fingerprint density at radius 2 is 1.83 bits per heavy atom. The molecule has 0 saturated heterocycles. The Kier molecular flexibility index (Phi) is 5.23. The van der Waals surface area contributed by atoms with Crippen LogP contribution in [0.15, 0.2) is 73.1 Å². The van der Waals surface area contributed by atoms with Crippen LogP contribution in [0.5, 0.6) is 5.75 Å². The number of rotatable bonds is 5. The summed E-state index contributed by atoms with van der Waals surface area (Å²) in [5, 5.41) is 10.2. The molecule has 1 aliphatic heterocycles. The van der Waals surface area contributed by atoms with E-state index in [1.807, 2.05) is 37.3 Å². The summed E-state index contributed by atoms with van der Waals surface area (Å²) in [4.78, 5) is 31.9. The van der Waals surface area contributed by atoms with Crippen LogP contribution in [0.25, 0.3) is 0 Å². The first-order chi connectivity index (χ1) is 14.5. The van der Waals surface area contributed by atoms with E-state index in [1.165, 1.54) is 0 Å². The van der Waals surface area contributed by atoms with E-state index in [1.54, 1.807) is 54.7 Å². The summed E-state index contributed by atoms with van der Waals surface area (Å²) in [5.74, 6) is -1.35. The van der Waals surface area contributed by atoms with Crippen LogP contribution in [0.2, 0.25) is 0 Å². The van der Waals surface area contributed by atoms with Gasteiger partial charge >= 0.3 is 5.97 Å². The van der Waals surface area contributed by atoms with Crippen LogP contribution in [0, 0.1) is 0 Å². The molecule has 3 aromatic rings. The van der Waals surface area contributed by atoms with Crippen molar-refractivity contribution in [1.29, 1.82) is 0 Å². The first kappa shape index (κ1) is 19.6. The Labute approximate surface area is 174 Å². The molecule has 2 aromatic carbocycles. The van der Waals surface area contributed by atoms with Gasteiger partial charge in [0.1, 0.15) is 11.7 Å². The number of fused-ring (bicyclic) bond motifs is 1. The number of benzene rings is 2. The number of aliphatic carboxylic acids is 1. The average molecular weight is 402 g/mol. The van der Waals surface area contributed by atoms with Crippen molar-refractivity contribution >= 4 is 11.9 Å². The van der Waals surface area contributed by atoms with E-state index in [9.17, 15) is 14.7 Å². The minimum absolute atomic E-state index is 0.194. The van der Waals surface area contributed by atoms with Crippen LogP contribution in [0.3, 0.4) is 0 Å². The van der Waals surface area contributed by atoms with Crippen molar-refractivity contribution in [3.63, 3.8) is 0 Å². The number of carboxylic acid groups (broad SMARTS) is 1. The maximum Gasteiger partial charge on any atom is 0.313 e. The van der Waals surface area contributed by atoms with Crippen LogP contribution in [-0.2, 0) is 4.79 Å². The predicted octanol–water partition coefficient (Wildman–Crippen LogP) is 4.22. The van der Waals surface area contributed by atoms with Crippen molar-refractivity contribution in [3.05, 3.63) is 95.3 Å². The Morgan fingerprint density at radius 1 is 1.10 bits per heavy atom. The van der Waals surface area contributed by atoms with Gasteiger partial charge in [0.25, 0.3) is 5.91 Å². The first-order valence-corrected chi connectivity index (χ1v) is 9.71. The lowest BCUT2D eigenvalue weighted by atomic mass is 9.79. The summed E-state index contributed by atoms with van der Waals surface area (Å²) < 4.78 is 5.23. The molecule has 3 unspecified atom stereocenters. The fraction of sp³-hybridized carbons (Fsp3) is 0.208. The van der Waals surface area contributed by atoms with Crippen molar-refractivity contribution in [2.24, 2.45) is 0 Å². The van der Waals surface area contributed by atoms with Crippen LogP contribution >= 0.6 is 0 Å². The van der Waals surface area contributed by atoms with Crippen LogP contribution < -0.4 is 4.74 Å². The molecule has 0 bridgehead atoms. The molecular weight excluding hydrogens is 380 g/mol. The number of hydrogen-bond donors (Lipinski definition) is 1. The molecule has 0 aliphatic carbocycles. The molecule has 152 valence electrons. The summed E-state index contributed by atoms with van der Waals surface area (Å²) in [6.07, 6.45) is 3.27. The molecule has 2 heterocycles. The Hall–Kier alpha value is -3.67. The maximum absolute atomic E-state index is 13.6. The highest BCUT2D eigenvalue weighted by molar-refractivity contribution is 6.00. The summed E-state index contributed by atoms with van der Waals surface area (Å²) >= 11 is 0. The molecule has 6 heteroatoms. The number of carbonyl (C=O) groups is 2. The third-order valence-corrected chi connectivity index (χ3v) is 5.68. The quantitative estimate of drug-likeness (QED) is 0.691. The standard InChI is InChI=1S/C24H22N2O4/c1-15(16-9-11-18(30-2)12-10-16)26-22(17-6-5-13-25-14-17)21(24(28)29)19-7-3-4-8-20(19)23(26)27/h3-15,21-22H,1-2H3,(H,28,29). The second-order valence-electron chi connectivity index (χ2n) is 7.30. The highest BCUT2D eigenvalue weighted by Crippen LogP contribution is 2.46. The van der Waals surface area contributed by atoms with E-state index in [0.717, 1.165) is 5.56 Å². The monoisotopic (exact) mass is 402 g/mol. The normalized spacial score (nSPS) is 19.1. The number of carboxylic acids is 1. The molecule has 1 aliphatic rings. The van der Waals surface area contributed by atoms with Gasteiger partial charge in [-0.2, -0.15) is 0 Å². The van der Waals surface area contributed by atoms with Gasteiger partial charge < -0.3 is 14.7 Å². The zero-order valence-corrected chi connectivity index (χ0v) is 16.7. The minimum Gasteiger partial charge on any atom is -0.497 e. The maximum atomic E-state index is 13.6. The van der Waals surface area contributed by atoms with Crippen molar-refractivity contribution < 1.29 is 19.4 Å². The molecule has 0 saturated carbocycles. The number of pyridine rings is 1. The molecule has 0 radical (unpaired) electrons. The molecule has 30 heavy (non-hydrogen) atoms. The molecule has 1 N–H and O–H groups in total. The predicted molar refractivity (Wildman–Crippen MR) is 111 cm³/mol. The third-order valence-electron chi connectivity index (χ3n) is 5.68. The summed E-state index contributed by atoms with van der Waals surface area (Å²) in [6, 6.07) is 17.0. The SMILES string of the molecule is COc1ccc(C(C)N2C(=O)c3ccccc3C(C(=O)O)C2c2cccnc2)cc1. The lowest BCUT2D eigenvalue weighted by Gasteiger charge is -2.44. The van der Waals surface area contributed by atoms with Gasteiger partial charge in [-0.1, -0.05) is 36.4 Å². The molecule has 3 atom stereocenters. The van der Waals surface area contributed by atoms with Crippen molar-refractivity contribution in [1.82, 2.24) is 9.88 Å². The number of ether oxygens (including phenoxy) is 1. The zero-order valence-electron chi connectivity index (χ0n) is 16.7. The van der Waals surface area contributed by atoms with E-state index >= 15 is 0 Å². The van der Waals surface area contributed by atoms with Crippen LogP contribution in [0.4, 0.5) is 0 Å². The van der Waals surface area contributed by atoms with Gasteiger partial charge in [-0.15, -0.1) is 0 Å². The highest BCUT2D eigenvalue weighted by atomic mass is 16.5. The van der Waals surface area contributed by atoms with E-state index < -0.39 is 17.9 Å². The van der Waals surface area contributed by atoms with Gasteiger partial charge in [-0.05, 0) is 47.9 Å². The number of methoxy groups -OCH3 is 1. The number of hydrogen-bond acceptors (Lipinski definition) is 4. The van der Waals surface area contributed by atoms with Gasteiger partial charge in [0.2, 0.25) is 0 Å². The van der Waals surface area contributed by atoms with Gasteiger partial charge in [0, 0.05) is 18.0 Å². The number of aromatic nitrogens is 1. The summed E-state index contributed by atoms with van der Waals surface area (Å²) in [7, 11) is 1.60. The molecular formula is C24H22N2O4. The first-order valence-electron chi connectivity index (χ1n) is 9.71. The molecule has 4 rings (SSSR count). The summed E-state index contributed by atoms with van der Waals surface area (Å²) in [5.41, 5.74) is 2.53. The Morgan fingerprint density at radius 3 is 2.47 bits per heavy atom. The molecule has 0 spiro atoms. The average Bonchev–Trinajstić information content (AvgIpc) is 2.79. The minimum atomic E-state index is -0.976. The second kappa shape index (κ2) is 7.99. The molecule has 1 aromatic heterocycles. The fourth-order valence-corrected chi connectivity index (χ4v) is 4.19. The zero-order chi connectivity index (χ0) is 21.3. The lowest BCUT2D eigenvalue weighted by molar-refractivity contribution is -0.140. The van der Waals surface area contributed by atoms with E-state index in [0.29, 0.717) is 22.4 Å². The van der Waals surface area contributed by atoms with Crippen LogP contribution in [-0.4, -0.2) is 34.0 Å². The summed E-state index contributed by atoms with van der Waals surface area (Å²) in [6.45, 7) is 1.91. The van der Waals surface area contributed by atoms with E-state index in [-0.39, 0.29) is 11.9 Å². The largest absolute Gasteiger partial charge is 0.497 e.